The summed E-state index contributed by atoms with van der Waals surface area (Å²) in [7, 11) is 1.65. The summed E-state index contributed by atoms with van der Waals surface area (Å²) in [4.78, 5) is 12.2. The van der Waals surface area contributed by atoms with Crippen LogP contribution in [0.1, 0.15) is 22.8 Å². The summed E-state index contributed by atoms with van der Waals surface area (Å²) in [5.41, 5.74) is 5.48. The van der Waals surface area contributed by atoms with E-state index in [9.17, 15) is 4.39 Å². The van der Waals surface area contributed by atoms with Crippen molar-refractivity contribution >= 4 is 12.2 Å². The van der Waals surface area contributed by atoms with Crippen LogP contribution in [0.3, 0.4) is 0 Å². The Morgan fingerprint density at radius 3 is 2.55 bits per heavy atom. The molecule has 0 spiro atoms. The van der Waals surface area contributed by atoms with E-state index in [4.69, 9.17) is 4.74 Å². The number of nitrogens with one attached hydrogen (secondary N) is 1. The molecule has 0 saturated carbocycles. The molecular weight excluding hydrogens is 367 g/mol. The van der Waals surface area contributed by atoms with E-state index < -0.39 is 0 Å². The molecule has 2 aromatic heterocycles. The lowest BCUT2D eigenvalue weighted by Crippen LogP contribution is -1.95. The fourth-order valence-electron chi connectivity index (χ4n) is 3.19. The van der Waals surface area contributed by atoms with Gasteiger partial charge in [-0.25, -0.2) is 14.4 Å². The molecular formula is C23H21FN4O. The van der Waals surface area contributed by atoms with E-state index in [-0.39, 0.29) is 5.82 Å². The zero-order valence-electron chi connectivity index (χ0n) is 16.5. The van der Waals surface area contributed by atoms with Crippen molar-refractivity contribution in [1.29, 1.82) is 0 Å². The highest BCUT2D eigenvalue weighted by atomic mass is 19.1. The first kappa shape index (κ1) is 18.7. The molecule has 0 radical (unpaired) electrons. The monoisotopic (exact) mass is 388 g/mol. The highest BCUT2D eigenvalue weighted by Gasteiger charge is 2.09. The van der Waals surface area contributed by atoms with Crippen LogP contribution >= 0.6 is 0 Å². The van der Waals surface area contributed by atoms with Gasteiger partial charge in [0, 0.05) is 17.5 Å². The molecule has 0 fully saturated rings. The number of halogens is 1. The molecule has 0 unspecified atom stereocenters. The van der Waals surface area contributed by atoms with Gasteiger partial charge in [0.25, 0.3) is 0 Å². The van der Waals surface area contributed by atoms with Gasteiger partial charge >= 0.3 is 0 Å². The molecule has 2 heterocycles. The summed E-state index contributed by atoms with van der Waals surface area (Å²) in [6, 6.07) is 12.3. The van der Waals surface area contributed by atoms with Crippen molar-refractivity contribution in [2.75, 3.05) is 7.11 Å². The molecule has 4 rings (SSSR count). The first-order valence-electron chi connectivity index (χ1n) is 9.23. The lowest BCUT2D eigenvalue weighted by atomic mass is 10.1. The van der Waals surface area contributed by atoms with Gasteiger partial charge in [-0.15, -0.1) is 0 Å². The second-order valence-corrected chi connectivity index (χ2v) is 6.79. The molecule has 5 nitrogen and oxygen atoms in total. The summed E-state index contributed by atoms with van der Waals surface area (Å²) in [6.07, 6.45) is 7.61. The van der Waals surface area contributed by atoms with Crippen LogP contribution in [0.2, 0.25) is 0 Å². The molecule has 29 heavy (non-hydrogen) atoms. The van der Waals surface area contributed by atoms with Crippen LogP contribution in [0.15, 0.2) is 55.0 Å². The summed E-state index contributed by atoms with van der Waals surface area (Å²) < 4.78 is 20.7. The maximum Gasteiger partial charge on any atom is 0.143 e. The molecule has 1 N–H and O–H groups in total. The zero-order chi connectivity index (χ0) is 20.4. The highest BCUT2D eigenvalue weighted by Crippen LogP contribution is 2.26. The predicted molar refractivity (Wildman–Crippen MR) is 112 cm³/mol. The van der Waals surface area contributed by atoms with Crippen LogP contribution in [0.25, 0.3) is 29.1 Å². The number of aromatic nitrogens is 4. The summed E-state index contributed by atoms with van der Waals surface area (Å²) in [5, 5.41) is 0. The first-order chi connectivity index (χ1) is 14.0. The molecule has 4 aromatic rings. The fourth-order valence-corrected chi connectivity index (χ4v) is 3.19. The molecule has 0 aliphatic heterocycles. The predicted octanol–water partition coefficient (Wildman–Crippen LogP) is 5.20. The second-order valence-electron chi connectivity index (χ2n) is 6.79. The smallest absolute Gasteiger partial charge is 0.143 e. The number of rotatable bonds is 5. The first-order valence-corrected chi connectivity index (χ1v) is 9.23. The third kappa shape index (κ3) is 3.96. The Hall–Kier alpha value is -3.67. The minimum absolute atomic E-state index is 0.259. The number of nitrogens with zero attached hydrogens (tertiary/aromatic N) is 3. The van der Waals surface area contributed by atoms with Gasteiger partial charge in [-0.1, -0.05) is 12.1 Å². The Kier molecular flexibility index (Phi) is 4.99. The van der Waals surface area contributed by atoms with Gasteiger partial charge < -0.3 is 14.3 Å². The van der Waals surface area contributed by atoms with E-state index in [1.807, 2.05) is 55.0 Å². The van der Waals surface area contributed by atoms with Gasteiger partial charge in [-0.3, -0.25) is 0 Å². The van der Waals surface area contributed by atoms with Crippen molar-refractivity contribution in [3.8, 4) is 22.7 Å². The zero-order valence-corrected chi connectivity index (χ0v) is 16.5. The van der Waals surface area contributed by atoms with E-state index in [0.717, 1.165) is 45.5 Å². The van der Waals surface area contributed by atoms with Gasteiger partial charge in [-0.05, 0) is 61.9 Å². The van der Waals surface area contributed by atoms with Crippen LogP contribution in [0, 0.1) is 19.7 Å². The Morgan fingerprint density at radius 1 is 1.07 bits per heavy atom. The number of ether oxygens (including phenoxy) is 1. The fraction of sp³-hybridized carbons (Fsp3) is 0.130. The van der Waals surface area contributed by atoms with Gasteiger partial charge in [-0.2, -0.15) is 0 Å². The van der Waals surface area contributed by atoms with Crippen LogP contribution in [0.5, 0.6) is 5.75 Å². The van der Waals surface area contributed by atoms with E-state index >= 15 is 0 Å². The highest BCUT2D eigenvalue weighted by molar-refractivity contribution is 5.71. The number of H-pyrrole nitrogens is 1. The van der Waals surface area contributed by atoms with Crippen LogP contribution < -0.4 is 4.74 Å². The number of aryl methyl sites for hydroxylation is 2. The van der Waals surface area contributed by atoms with Crippen molar-refractivity contribution in [2.45, 2.75) is 13.8 Å². The van der Waals surface area contributed by atoms with Gasteiger partial charge in [0.15, 0.2) is 0 Å². The third-order valence-electron chi connectivity index (χ3n) is 4.65. The molecule has 0 aliphatic rings. The van der Waals surface area contributed by atoms with E-state index in [1.54, 1.807) is 25.6 Å². The Balaban J connectivity index is 1.59. The van der Waals surface area contributed by atoms with E-state index in [2.05, 4.69) is 15.0 Å². The molecule has 0 saturated heterocycles. The van der Waals surface area contributed by atoms with Crippen LogP contribution in [0.4, 0.5) is 4.39 Å². The van der Waals surface area contributed by atoms with Crippen molar-refractivity contribution in [2.24, 2.45) is 0 Å². The Bertz CT molecular complexity index is 1170. The number of aromatic amines is 1. The molecule has 146 valence electrons. The molecule has 2 aromatic carbocycles. The maximum atomic E-state index is 13.2. The standard InChI is InChI=1S/C23H21FN4O/c1-15-13-28(14-25-15)20-10-4-17(12-21(20)29-3)5-11-22-26-16(2)23(27-22)18-6-8-19(24)9-7-18/h4-14H,1-3H3,(H,26,27)/b11-5+. The Morgan fingerprint density at radius 2 is 1.86 bits per heavy atom. The molecule has 0 amide bonds. The van der Waals surface area contributed by atoms with Crippen molar-refractivity contribution < 1.29 is 9.13 Å². The Labute approximate surface area is 168 Å². The number of hydrogen-bond donors (Lipinski definition) is 1. The minimum atomic E-state index is -0.259. The molecule has 6 heteroatoms. The summed E-state index contributed by atoms with van der Waals surface area (Å²) >= 11 is 0. The quantitative estimate of drug-likeness (QED) is 0.511. The van der Waals surface area contributed by atoms with Gasteiger partial charge in [0.2, 0.25) is 0 Å². The second kappa shape index (κ2) is 7.75. The van der Waals surface area contributed by atoms with Gasteiger partial charge in [0.05, 0.1) is 30.5 Å². The van der Waals surface area contributed by atoms with Gasteiger partial charge in [0.1, 0.15) is 17.4 Å². The van der Waals surface area contributed by atoms with E-state index in [1.165, 1.54) is 12.1 Å². The van der Waals surface area contributed by atoms with Crippen molar-refractivity contribution in [3.05, 3.63) is 83.6 Å². The molecule has 0 aliphatic carbocycles. The van der Waals surface area contributed by atoms with E-state index in [0.29, 0.717) is 0 Å². The average molecular weight is 388 g/mol. The largest absolute Gasteiger partial charge is 0.495 e. The maximum absolute atomic E-state index is 13.2. The average Bonchev–Trinajstić information content (AvgIpc) is 3.32. The summed E-state index contributed by atoms with van der Waals surface area (Å²) in [6.45, 7) is 3.90. The SMILES string of the molecule is COc1cc(/C=C/c2nc(-c3ccc(F)cc3)c(C)[nH]2)ccc1-n1cnc(C)c1. The molecule has 0 bridgehead atoms. The summed E-state index contributed by atoms with van der Waals surface area (Å²) in [5.74, 6) is 1.23. The number of imidazole rings is 2. The number of hydrogen-bond acceptors (Lipinski definition) is 3. The normalized spacial score (nSPS) is 11.3. The lowest BCUT2D eigenvalue weighted by molar-refractivity contribution is 0.413. The van der Waals surface area contributed by atoms with Crippen molar-refractivity contribution in [1.82, 2.24) is 19.5 Å². The van der Waals surface area contributed by atoms with Crippen LogP contribution in [-0.2, 0) is 0 Å². The number of methoxy groups -OCH3 is 1. The minimum Gasteiger partial charge on any atom is -0.495 e. The number of benzene rings is 2. The topological polar surface area (TPSA) is 55.7 Å². The lowest BCUT2D eigenvalue weighted by Gasteiger charge is -2.09. The third-order valence-corrected chi connectivity index (χ3v) is 4.65. The van der Waals surface area contributed by atoms with Crippen molar-refractivity contribution in [3.63, 3.8) is 0 Å². The van der Waals surface area contributed by atoms with Crippen LogP contribution in [-0.4, -0.2) is 26.6 Å². The molecule has 0 atom stereocenters.